The number of aromatic nitrogens is 4. The van der Waals surface area contributed by atoms with Crippen molar-refractivity contribution in [3.05, 3.63) is 58.0 Å². The largest absolute Gasteiger partial charge is 0.375 e. The molecular formula is C22H25N5O2S. The van der Waals surface area contributed by atoms with Gasteiger partial charge in [0.1, 0.15) is 0 Å². The van der Waals surface area contributed by atoms with Crippen LogP contribution in [0.5, 0.6) is 0 Å². The summed E-state index contributed by atoms with van der Waals surface area (Å²) < 4.78 is 7.85. The number of H-pyrrole nitrogens is 2. The van der Waals surface area contributed by atoms with Crippen LogP contribution in [0.2, 0.25) is 0 Å². The summed E-state index contributed by atoms with van der Waals surface area (Å²) in [6, 6.07) is 10.2. The standard InChI is InChI=1S/C22H25N5O2S/c1-13-24-20-17(21(28)26-27(20)15-9-10-29-22(2,3)11-15)19(30-13)16-12-23-25-18(16)14-7-5-4-6-8-14/h4-8,12,15,19H,9-11H2,1-3H3,(H,23,25)(H,26,28)/t15-,19-/m0/s1. The van der Waals surface area contributed by atoms with E-state index in [0.29, 0.717) is 12.2 Å². The predicted molar refractivity (Wildman–Crippen MR) is 120 cm³/mol. The van der Waals surface area contributed by atoms with Gasteiger partial charge in [0.25, 0.3) is 5.56 Å². The van der Waals surface area contributed by atoms with E-state index in [1.807, 2.05) is 48.1 Å². The lowest BCUT2D eigenvalue weighted by Crippen LogP contribution is -2.35. The minimum Gasteiger partial charge on any atom is -0.375 e. The Morgan fingerprint density at radius 3 is 2.83 bits per heavy atom. The van der Waals surface area contributed by atoms with Crippen LogP contribution in [0.3, 0.4) is 0 Å². The summed E-state index contributed by atoms with van der Waals surface area (Å²) >= 11 is 1.60. The zero-order valence-electron chi connectivity index (χ0n) is 17.3. The van der Waals surface area contributed by atoms with Crippen LogP contribution in [0.15, 0.2) is 46.3 Å². The van der Waals surface area contributed by atoms with Crippen LogP contribution >= 0.6 is 11.8 Å². The summed E-state index contributed by atoms with van der Waals surface area (Å²) in [6.45, 7) is 6.86. The van der Waals surface area contributed by atoms with E-state index < -0.39 is 0 Å². The molecule has 5 rings (SSSR count). The van der Waals surface area contributed by atoms with Gasteiger partial charge in [0.2, 0.25) is 0 Å². The molecule has 8 heteroatoms. The van der Waals surface area contributed by atoms with E-state index in [9.17, 15) is 4.79 Å². The maximum atomic E-state index is 13.1. The average molecular weight is 424 g/mol. The van der Waals surface area contributed by atoms with E-state index in [1.54, 1.807) is 11.8 Å². The molecule has 1 saturated heterocycles. The van der Waals surface area contributed by atoms with Crippen LogP contribution in [0.4, 0.5) is 5.82 Å². The normalized spacial score (nSPS) is 23.1. The first-order valence-electron chi connectivity index (χ1n) is 10.2. The molecule has 0 bridgehead atoms. The first-order chi connectivity index (χ1) is 14.4. The van der Waals surface area contributed by atoms with Crippen molar-refractivity contribution in [2.75, 3.05) is 6.61 Å². The van der Waals surface area contributed by atoms with Gasteiger partial charge >= 0.3 is 0 Å². The van der Waals surface area contributed by atoms with Crippen LogP contribution in [0, 0.1) is 0 Å². The van der Waals surface area contributed by atoms with Gasteiger partial charge in [-0.1, -0.05) is 42.1 Å². The Kier molecular flexibility index (Phi) is 4.71. The van der Waals surface area contributed by atoms with Crippen LogP contribution in [-0.2, 0) is 4.74 Å². The molecule has 2 aromatic heterocycles. The van der Waals surface area contributed by atoms with E-state index in [0.717, 1.165) is 40.5 Å². The third-order valence-corrected chi connectivity index (χ3v) is 6.96. The second-order valence-corrected chi connectivity index (χ2v) is 9.80. The highest BCUT2D eigenvalue weighted by Crippen LogP contribution is 2.47. The fraction of sp³-hybridized carbons (Fsp3) is 0.409. The van der Waals surface area contributed by atoms with Crippen molar-refractivity contribution in [2.45, 2.75) is 50.5 Å². The molecule has 156 valence electrons. The third kappa shape index (κ3) is 3.33. The summed E-state index contributed by atoms with van der Waals surface area (Å²) in [6.07, 6.45) is 3.52. The van der Waals surface area contributed by atoms with Gasteiger partial charge in [-0.05, 0) is 39.2 Å². The quantitative estimate of drug-likeness (QED) is 0.645. The summed E-state index contributed by atoms with van der Waals surface area (Å²) in [5.74, 6) is 0.740. The second kappa shape index (κ2) is 7.28. The van der Waals surface area contributed by atoms with Crippen molar-refractivity contribution in [1.29, 1.82) is 0 Å². The molecule has 0 saturated carbocycles. The average Bonchev–Trinajstić information content (AvgIpc) is 3.32. The Hall–Kier alpha value is -2.58. The molecule has 1 fully saturated rings. The lowest BCUT2D eigenvalue weighted by Gasteiger charge is -2.36. The van der Waals surface area contributed by atoms with Crippen molar-refractivity contribution >= 4 is 22.6 Å². The lowest BCUT2D eigenvalue weighted by molar-refractivity contribution is -0.0705. The highest BCUT2D eigenvalue weighted by Gasteiger charge is 2.36. The smallest absolute Gasteiger partial charge is 0.271 e. The number of nitrogens with one attached hydrogen (secondary N) is 2. The zero-order valence-corrected chi connectivity index (χ0v) is 18.1. The van der Waals surface area contributed by atoms with Gasteiger partial charge in [0, 0.05) is 12.2 Å². The maximum Gasteiger partial charge on any atom is 0.271 e. The number of aliphatic imine (C=N–C) groups is 1. The van der Waals surface area contributed by atoms with Crippen molar-refractivity contribution in [3.63, 3.8) is 0 Å². The molecule has 2 N–H and O–H groups in total. The van der Waals surface area contributed by atoms with Gasteiger partial charge in [-0.15, -0.1) is 0 Å². The number of fused-ring (bicyclic) bond motifs is 1. The molecule has 7 nitrogen and oxygen atoms in total. The SMILES string of the molecule is CC1=Nc2c(c(=O)[nH]n2[C@H]2CCOC(C)(C)C2)[C@H](c2cn[nH]c2-c2ccccc2)S1. The number of ether oxygens (including phenoxy) is 1. The minimum absolute atomic E-state index is 0.0803. The molecule has 30 heavy (non-hydrogen) atoms. The summed E-state index contributed by atoms with van der Waals surface area (Å²) in [4.78, 5) is 17.9. The number of nitrogens with zero attached hydrogens (tertiary/aromatic N) is 3. The van der Waals surface area contributed by atoms with Gasteiger partial charge in [-0.3, -0.25) is 19.7 Å². The van der Waals surface area contributed by atoms with Crippen molar-refractivity contribution in [2.24, 2.45) is 4.99 Å². The first-order valence-corrected chi connectivity index (χ1v) is 11.1. The number of thioether (sulfide) groups is 1. The first kappa shape index (κ1) is 19.4. The van der Waals surface area contributed by atoms with Crippen molar-refractivity contribution in [1.82, 2.24) is 20.0 Å². The highest BCUT2D eigenvalue weighted by atomic mass is 32.2. The fourth-order valence-electron chi connectivity index (χ4n) is 4.44. The molecule has 0 aliphatic carbocycles. The lowest BCUT2D eigenvalue weighted by atomic mass is 9.94. The van der Waals surface area contributed by atoms with Crippen LogP contribution in [0.25, 0.3) is 11.3 Å². The molecule has 0 spiro atoms. The molecule has 2 atom stereocenters. The Bertz CT molecular complexity index is 1160. The summed E-state index contributed by atoms with van der Waals surface area (Å²) in [7, 11) is 0. The molecule has 0 amide bonds. The van der Waals surface area contributed by atoms with Gasteiger partial charge in [-0.2, -0.15) is 5.10 Å². The number of aromatic amines is 2. The fourth-order valence-corrected chi connectivity index (χ4v) is 5.56. The van der Waals surface area contributed by atoms with Crippen LogP contribution in [-0.4, -0.2) is 37.2 Å². The van der Waals surface area contributed by atoms with Gasteiger partial charge in [0.05, 0.1) is 39.4 Å². The number of hydrogen-bond acceptors (Lipinski definition) is 5. The number of rotatable bonds is 3. The molecular weight excluding hydrogens is 398 g/mol. The van der Waals surface area contributed by atoms with Gasteiger partial charge < -0.3 is 4.74 Å². The Morgan fingerprint density at radius 1 is 1.27 bits per heavy atom. The monoisotopic (exact) mass is 423 g/mol. The Balaban J connectivity index is 1.61. The third-order valence-electron chi connectivity index (χ3n) is 5.80. The molecule has 2 aliphatic heterocycles. The molecule has 2 aliphatic rings. The highest BCUT2D eigenvalue weighted by molar-refractivity contribution is 8.14. The predicted octanol–water partition coefficient (Wildman–Crippen LogP) is 4.58. The van der Waals surface area contributed by atoms with Gasteiger partial charge in [0.15, 0.2) is 5.82 Å². The zero-order chi connectivity index (χ0) is 20.9. The van der Waals surface area contributed by atoms with E-state index in [1.165, 1.54) is 0 Å². The summed E-state index contributed by atoms with van der Waals surface area (Å²) in [5, 5.41) is 11.3. The second-order valence-electron chi connectivity index (χ2n) is 8.50. The molecule has 1 aromatic carbocycles. The van der Waals surface area contributed by atoms with Crippen molar-refractivity contribution in [3.8, 4) is 11.3 Å². The van der Waals surface area contributed by atoms with Gasteiger partial charge in [-0.25, -0.2) is 4.99 Å². The van der Waals surface area contributed by atoms with Crippen LogP contribution in [0.1, 0.15) is 56.0 Å². The molecule has 0 radical (unpaired) electrons. The number of benzene rings is 1. The molecule has 0 unspecified atom stereocenters. The molecule has 3 aromatic rings. The Labute approximate surface area is 178 Å². The number of hydrogen-bond donors (Lipinski definition) is 2. The van der Waals surface area contributed by atoms with Crippen LogP contribution < -0.4 is 5.56 Å². The van der Waals surface area contributed by atoms with Crippen molar-refractivity contribution < 1.29 is 4.74 Å². The van der Waals surface area contributed by atoms with E-state index >= 15 is 0 Å². The summed E-state index contributed by atoms with van der Waals surface area (Å²) in [5.41, 5.74) is 3.39. The van der Waals surface area contributed by atoms with E-state index in [4.69, 9.17) is 9.73 Å². The topological polar surface area (TPSA) is 88.1 Å². The Morgan fingerprint density at radius 2 is 2.07 bits per heavy atom. The maximum absolute atomic E-state index is 13.1. The van der Waals surface area contributed by atoms with E-state index in [2.05, 4.69) is 29.1 Å². The minimum atomic E-state index is -0.219. The van der Waals surface area contributed by atoms with E-state index in [-0.39, 0.29) is 22.5 Å². The molecule has 4 heterocycles.